The first-order chi connectivity index (χ1) is 8.06. The van der Waals surface area contributed by atoms with Crippen molar-refractivity contribution < 1.29 is 0 Å². The second-order valence-electron chi connectivity index (χ2n) is 4.11. The van der Waals surface area contributed by atoms with Crippen LogP contribution in [0.2, 0.25) is 5.02 Å². The molecule has 0 aromatic carbocycles. The van der Waals surface area contributed by atoms with Gasteiger partial charge in [-0.05, 0) is 13.3 Å². The molecular formula is C11H19ClN4O. The van der Waals surface area contributed by atoms with Crippen LogP contribution in [0.4, 0.5) is 5.69 Å². The molecular weight excluding hydrogens is 240 g/mol. The van der Waals surface area contributed by atoms with E-state index >= 15 is 0 Å². The standard InChI is InChI=1S/C11H19ClN4O/c1-3-4-5-16-11(17)10(12)9(7-15-16)14-6-8(2)13/h7-8,14H,3-6,13H2,1-2H3. The van der Waals surface area contributed by atoms with Crippen LogP contribution in [0.5, 0.6) is 0 Å². The van der Waals surface area contributed by atoms with E-state index in [-0.39, 0.29) is 16.6 Å². The number of nitrogens with two attached hydrogens (primary N) is 1. The highest BCUT2D eigenvalue weighted by atomic mass is 35.5. The lowest BCUT2D eigenvalue weighted by molar-refractivity contribution is 0.543. The lowest BCUT2D eigenvalue weighted by atomic mass is 10.3. The molecule has 17 heavy (non-hydrogen) atoms. The van der Waals surface area contributed by atoms with E-state index in [4.69, 9.17) is 17.3 Å². The summed E-state index contributed by atoms with van der Waals surface area (Å²) in [6.07, 6.45) is 3.49. The quantitative estimate of drug-likeness (QED) is 0.810. The van der Waals surface area contributed by atoms with Gasteiger partial charge in [0.05, 0.1) is 11.9 Å². The van der Waals surface area contributed by atoms with Gasteiger partial charge in [-0.25, -0.2) is 4.68 Å². The fourth-order valence-corrected chi connectivity index (χ4v) is 1.54. The number of unbranched alkanes of at least 4 members (excludes halogenated alkanes) is 1. The summed E-state index contributed by atoms with van der Waals surface area (Å²) in [5.41, 5.74) is 5.90. The van der Waals surface area contributed by atoms with Crippen LogP contribution in [0.3, 0.4) is 0 Å². The lowest BCUT2D eigenvalue weighted by Gasteiger charge is -2.11. The molecule has 6 heteroatoms. The Labute approximate surface area is 106 Å². The van der Waals surface area contributed by atoms with Crippen molar-refractivity contribution in [3.8, 4) is 0 Å². The van der Waals surface area contributed by atoms with Crippen molar-refractivity contribution in [2.24, 2.45) is 5.73 Å². The van der Waals surface area contributed by atoms with Crippen LogP contribution in [0, 0.1) is 0 Å². The third-order valence-corrected chi connectivity index (χ3v) is 2.69. The summed E-state index contributed by atoms with van der Waals surface area (Å²) in [4.78, 5) is 11.8. The largest absolute Gasteiger partial charge is 0.381 e. The van der Waals surface area contributed by atoms with E-state index in [1.54, 1.807) is 6.20 Å². The van der Waals surface area contributed by atoms with E-state index in [0.29, 0.717) is 18.8 Å². The number of rotatable bonds is 6. The summed E-state index contributed by atoms with van der Waals surface area (Å²) >= 11 is 5.98. The lowest BCUT2D eigenvalue weighted by Crippen LogP contribution is -2.28. The average molecular weight is 259 g/mol. The predicted octanol–water partition coefficient (Wildman–Crippen LogP) is 1.46. The van der Waals surface area contributed by atoms with E-state index < -0.39 is 0 Å². The second-order valence-corrected chi connectivity index (χ2v) is 4.49. The normalized spacial score (nSPS) is 12.5. The third-order valence-electron chi connectivity index (χ3n) is 2.32. The number of nitrogens with zero attached hydrogens (tertiary/aromatic N) is 2. The van der Waals surface area contributed by atoms with Gasteiger partial charge in [0.1, 0.15) is 5.02 Å². The molecule has 0 saturated heterocycles. The zero-order valence-corrected chi connectivity index (χ0v) is 11.0. The highest BCUT2D eigenvalue weighted by Gasteiger charge is 2.08. The van der Waals surface area contributed by atoms with E-state index in [1.807, 2.05) is 6.92 Å². The summed E-state index contributed by atoms with van der Waals surface area (Å²) in [6, 6.07) is -0.00594. The van der Waals surface area contributed by atoms with Gasteiger partial charge in [-0.1, -0.05) is 24.9 Å². The summed E-state index contributed by atoms with van der Waals surface area (Å²) in [6.45, 7) is 5.09. The van der Waals surface area contributed by atoms with Gasteiger partial charge < -0.3 is 11.1 Å². The van der Waals surface area contributed by atoms with Gasteiger partial charge in [-0.2, -0.15) is 5.10 Å². The Morgan fingerprint density at radius 3 is 2.94 bits per heavy atom. The van der Waals surface area contributed by atoms with Crippen molar-refractivity contribution in [3.63, 3.8) is 0 Å². The Balaban J connectivity index is 2.83. The third kappa shape index (κ3) is 4.02. The van der Waals surface area contributed by atoms with Crippen LogP contribution in [-0.4, -0.2) is 22.4 Å². The molecule has 1 unspecified atom stereocenters. The molecule has 0 aliphatic carbocycles. The molecule has 0 aliphatic heterocycles. The molecule has 5 nitrogen and oxygen atoms in total. The number of nitrogens with one attached hydrogen (secondary N) is 1. The molecule has 96 valence electrons. The summed E-state index contributed by atoms with van der Waals surface area (Å²) in [5.74, 6) is 0. The number of hydrogen-bond acceptors (Lipinski definition) is 4. The monoisotopic (exact) mass is 258 g/mol. The number of anilines is 1. The van der Waals surface area contributed by atoms with Crippen LogP contribution >= 0.6 is 11.6 Å². The number of halogens is 1. The minimum absolute atomic E-state index is 0.00594. The molecule has 0 bridgehead atoms. The van der Waals surface area contributed by atoms with Crippen molar-refractivity contribution >= 4 is 17.3 Å². The molecule has 0 spiro atoms. The molecule has 1 heterocycles. The van der Waals surface area contributed by atoms with Gasteiger partial charge in [0.25, 0.3) is 5.56 Å². The van der Waals surface area contributed by atoms with Crippen LogP contribution < -0.4 is 16.6 Å². The van der Waals surface area contributed by atoms with Crippen molar-refractivity contribution in [3.05, 3.63) is 21.6 Å². The Kier molecular flexibility index (Phi) is 5.44. The van der Waals surface area contributed by atoms with Gasteiger partial charge >= 0.3 is 0 Å². The molecule has 0 aliphatic rings. The minimum Gasteiger partial charge on any atom is -0.381 e. The van der Waals surface area contributed by atoms with Gasteiger partial charge in [0, 0.05) is 19.1 Å². The summed E-state index contributed by atoms with van der Waals surface area (Å²) in [5, 5.41) is 7.25. The van der Waals surface area contributed by atoms with Crippen molar-refractivity contribution in [1.29, 1.82) is 0 Å². The van der Waals surface area contributed by atoms with Crippen LogP contribution in [0.15, 0.2) is 11.0 Å². The van der Waals surface area contributed by atoms with Gasteiger partial charge in [0.2, 0.25) is 0 Å². The molecule has 1 atom stereocenters. The first-order valence-corrected chi connectivity index (χ1v) is 6.19. The fourth-order valence-electron chi connectivity index (χ4n) is 1.33. The Morgan fingerprint density at radius 2 is 2.35 bits per heavy atom. The maximum Gasteiger partial charge on any atom is 0.287 e. The van der Waals surface area contributed by atoms with Crippen molar-refractivity contribution in [2.75, 3.05) is 11.9 Å². The molecule has 0 amide bonds. The highest BCUT2D eigenvalue weighted by molar-refractivity contribution is 6.32. The topological polar surface area (TPSA) is 72.9 Å². The molecule has 1 aromatic rings. The Hall–Kier alpha value is -1.07. The fraction of sp³-hybridized carbons (Fsp3) is 0.636. The second kappa shape index (κ2) is 6.61. The maximum absolute atomic E-state index is 11.8. The highest BCUT2D eigenvalue weighted by Crippen LogP contribution is 2.14. The molecule has 0 radical (unpaired) electrons. The summed E-state index contributed by atoms with van der Waals surface area (Å²) in [7, 11) is 0. The van der Waals surface area contributed by atoms with E-state index in [1.165, 1.54) is 4.68 Å². The molecule has 1 rings (SSSR count). The van der Waals surface area contributed by atoms with E-state index in [9.17, 15) is 4.79 Å². The van der Waals surface area contributed by atoms with Crippen molar-refractivity contribution in [2.45, 2.75) is 39.3 Å². The van der Waals surface area contributed by atoms with E-state index in [0.717, 1.165) is 12.8 Å². The maximum atomic E-state index is 11.8. The summed E-state index contributed by atoms with van der Waals surface area (Å²) < 4.78 is 1.39. The van der Waals surface area contributed by atoms with Gasteiger partial charge in [0.15, 0.2) is 0 Å². The van der Waals surface area contributed by atoms with Crippen molar-refractivity contribution in [1.82, 2.24) is 9.78 Å². The number of hydrogen-bond donors (Lipinski definition) is 2. The Morgan fingerprint density at radius 1 is 1.65 bits per heavy atom. The molecule has 1 aromatic heterocycles. The zero-order chi connectivity index (χ0) is 12.8. The van der Waals surface area contributed by atoms with Crippen LogP contribution in [0.1, 0.15) is 26.7 Å². The molecule has 3 N–H and O–H groups in total. The first-order valence-electron chi connectivity index (χ1n) is 5.81. The predicted molar refractivity (Wildman–Crippen MR) is 70.6 cm³/mol. The molecule has 0 fully saturated rings. The smallest absolute Gasteiger partial charge is 0.287 e. The van der Waals surface area contributed by atoms with E-state index in [2.05, 4.69) is 17.3 Å². The van der Waals surface area contributed by atoms with Crippen LogP contribution in [-0.2, 0) is 6.54 Å². The minimum atomic E-state index is -0.255. The average Bonchev–Trinajstić information content (AvgIpc) is 2.29. The zero-order valence-electron chi connectivity index (χ0n) is 10.2. The SMILES string of the molecule is CCCCn1ncc(NCC(C)N)c(Cl)c1=O. The van der Waals surface area contributed by atoms with Gasteiger partial charge in [-0.3, -0.25) is 4.79 Å². The van der Waals surface area contributed by atoms with Crippen LogP contribution in [0.25, 0.3) is 0 Å². The number of aryl methyl sites for hydroxylation is 1. The first kappa shape index (κ1) is 14.0. The Bertz CT molecular complexity index is 416. The van der Waals surface area contributed by atoms with Gasteiger partial charge in [-0.15, -0.1) is 0 Å². The number of aromatic nitrogens is 2. The molecule has 0 saturated carbocycles.